The highest BCUT2D eigenvalue weighted by Gasteiger charge is 2.34. The number of carbonyl (C=O) groups excluding carboxylic acids is 3. The molecule has 3 N–H and O–H groups in total. The first-order valence-electron chi connectivity index (χ1n) is 15.2. The molecule has 0 unspecified atom stereocenters. The van der Waals surface area contributed by atoms with Gasteiger partial charge < -0.3 is 29.9 Å². The molecule has 51 heavy (non-hydrogen) atoms. The number of halogens is 3. The number of hydrogen-bond donors (Lipinski definition) is 3. The number of ether oxygens (including phenoxy) is 1. The molecule has 3 amide bonds. The Labute approximate surface area is 288 Å². The number of nitrogens with one attached hydrogen (secondary N) is 2. The van der Waals surface area contributed by atoms with Gasteiger partial charge in [-0.3, -0.25) is 19.2 Å². The first kappa shape index (κ1) is 35.8. The number of nitrogens with zero attached hydrogens (tertiary/aromatic N) is 3. The second-order valence-corrected chi connectivity index (χ2v) is 11.3. The largest absolute Gasteiger partial charge is 0.497 e. The van der Waals surface area contributed by atoms with Crippen molar-refractivity contribution < 1.29 is 46.7 Å². The summed E-state index contributed by atoms with van der Waals surface area (Å²) in [5, 5.41) is 18.4. The Kier molecular flexibility index (Phi) is 10.8. The van der Waals surface area contributed by atoms with Crippen molar-refractivity contribution in [3.05, 3.63) is 125 Å². The molecule has 12 nitrogen and oxygen atoms in total. The fourth-order valence-corrected chi connectivity index (χ4v) is 4.95. The molecule has 4 aromatic carbocycles. The standard InChI is InChI=1S/C36H30F3N5O7/c1-21-3-12-27(13-4-21)41-33(48)32-42-34(51-43-32)23-7-5-22(6-8-23)19-44(20-31(46)47)35(49)24-9-14-26(15-10-24)40-30(45)17-25-11-16-28(50-2)18-29(25)36(37,38)39/h3-16,18H,17,19-20H2,1-2H3,(H,40,45)(H,41,48)(H,46,47). The molecule has 0 aliphatic rings. The number of rotatable bonds is 12. The molecule has 0 spiro atoms. The van der Waals surface area contributed by atoms with Gasteiger partial charge in [-0.25, -0.2) is 0 Å². The molecular weight excluding hydrogens is 671 g/mol. The first-order valence-corrected chi connectivity index (χ1v) is 15.2. The number of hydrogen-bond acceptors (Lipinski definition) is 8. The molecule has 0 radical (unpaired) electrons. The smallest absolute Gasteiger partial charge is 0.416 e. The van der Waals surface area contributed by atoms with Gasteiger partial charge in [0, 0.05) is 29.0 Å². The maximum absolute atomic E-state index is 13.5. The minimum absolute atomic E-state index is 0.0000232. The highest BCUT2D eigenvalue weighted by atomic mass is 19.4. The van der Waals surface area contributed by atoms with E-state index >= 15 is 0 Å². The van der Waals surface area contributed by atoms with Crippen molar-refractivity contribution in [2.24, 2.45) is 0 Å². The lowest BCUT2D eigenvalue weighted by Gasteiger charge is -2.21. The van der Waals surface area contributed by atoms with E-state index in [4.69, 9.17) is 9.26 Å². The SMILES string of the molecule is COc1ccc(CC(=O)Nc2ccc(C(=O)N(CC(=O)O)Cc3ccc(-c4nc(C(=O)Nc5ccc(C)cc5)no4)cc3)cc2)c(C(F)(F)F)c1. The van der Waals surface area contributed by atoms with Crippen LogP contribution in [0.25, 0.3) is 11.5 Å². The Morgan fingerprint density at radius 1 is 0.882 bits per heavy atom. The summed E-state index contributed by atoms with van der Waals surface area (Å²) >= 11 is 0. The Bertz CT molecular complexity index is 2050. The summed E-state index contributed by atoms with van der Waals surface area (Å²) in [4.78, 5) is 55.4. The summed E-state index contributed by atoms with van der Waals surface area (Å²) < 4.78 is 50.7. The van der Waals surface area contributed by atoms with Crippen LogP contribution in [0.4, 0.5) is 24.5 Å². The highest BCUT2D eigenvalue weighted by molar-refractivity contribution is 6.01. The molecule has 0 bridgehead atoms. The summed E-state index contributed by atoms with van der Waals surface area (Å²) in [5.74, 6) is -3.24. The van der Waals surface area contributed by atoms with Crippen LogP contribution in [0.2, 0.25) is 0 Å². The van der Waals surface area contributed by atoms with E-state index in [1.54, 1.807) is 36.4 Å². The van der Waals surface area contributed by atoms with Gasteiger partial charge in [0.05, 0.1) is 19.1 Å². The van der Waals surface area contributed by atoms with E-state index in [2.05, 4.69) is 20.8 Å². The van der Waals surface area contributed by atoms with Crippen molar-refractivity contribution in [2.45, 2.75) is 26.1 Å². The highest BCUT2D eigenvalue weighted by Crippen LogP contribution is 2.35. The summed E-state index contributed by atoms with van der Waals surface area (Å²) in [6.45, 7) is 1.22. The third-order valence-electron chi connectivity index (χ3n) is 7.52. The third-order valence-corrected chi connectivity index (χ3v) is 7.52. The molecule has 5 aromatic rings. The number of benzene rings is 4. The molecule has 0 saturated carbocycles. The summed E-state index contributed by atoms with van der Waals surface area (Å²) in [7, 11) is 1.24. The number of carbonyl (C=O) groups is 4. The van der Waals surface area contributed by atoms with Crippen LogP contribution in [0.1, 0.15) is 43.2 Å². The topological polar surface area (TPSA) is 164 Å². The number of aliphatic carboxylic acids is 1. The van der Waals surface area contributed by atoms with E-state index in [0.717, 1.165) is 16.5 Å². The molecular formula is C36H30F3N5O7. The van der Waals surface area contributed by atoms with Gasteiger partial charge in [0.1, 0.15) is 12.3 Å². The van der Waals surface area contributed by atoms with Gasteiger partial charge in [0.2, 0.25) is 5.91 Å². The van der Waals surface area contributed by atoms with Gasteiger partial charge >= 0.3 is 12.1 Å². The van der Waals surface area contributed by atoms with E-state index < -0.39 is 48.4 Å². The van der Waals surface area contributed by atoms with Gasteiger partial charge in [-0.2, -0.15) is 18.2 Å². The Hall–Kier alpha value is -6.51. The Morgan fingerprint density at radius 3 is 2.16 bits per heavy atom. The van der Waals surface area contributed by atoms with Crippen molar-refractivity contribution >= 4 is 35.1 Å². The van der Waals surface area contributed by atoms with Crippen LogP contribution < -0.4 is 15.4 Å². The molecule has 1 aromatic heterocycles. The summed E-state index contributed by atoms with van der Waals surface area (Å²) in [6, 6.07) is 22.5. The van der Waals surface area contributed by atoms with Gasteiger partial charge in [-0.15, -0.1) is 0 Å². The van der Waals surface area contributed by atoms with E-state index in [0.29, 0.717) is 16.8 Å². The van der Waals surface area contributed by atoms with Gasteiger partial charge in [0.25, 0.3) is 23.5 Å². The monoisotopic (exact) mass is 701 g/mol. The van der Waals surface area contributed by atoms with Crippen LogP contribution in [-0.2, 0) is 28.7 Å². The first-order chi connectivity index (χ1) is 24.3. The van der Waals surface area contributed by atoms with Crippen LogP contribution >= 0.6 is 0 Å². The molecule has 5 rings (SSSR count). The number of aromatic nitrogens is 2. The molecule has 0 fully saturated rings. The number of carboxylic acids is 1. The molecule has 1 heterocycles. The minimum atomic E-state index is -4.70. The van der Waals surface area contributed by atoms with Gasteiger partial charge in [0.15, 0.2) is 0 Å². The Morgan fingerprint density at radius 2 is 1.53 bits per heavy atom. The molecule has 0 aliphatic heterocycles. The van der Waals surface area contributed by atoms with Crippen LogP contribution in [0.15, 0.2) is 95.5 Å². The van der Waals surface area contributed by atoms with Crippen molar-refractivity contribution in [3.63, 3.8) is 0 Å². The normalized spacial score (nSPS) is 11.1. The summed E-state index contributed by atoms with van der Waals surface area (Å²) in [6.07, 6.45) is -5.27. The lowest BCUT2D eigenvalue weighted by Crippen LogP contribution is -2.35. The molecule has 0 atom stereocenters. The fraction of sp³-hybridized carbons (Fsp3) is 0.167. The maximum atomic E-state index is 13.5. The zero-order valence-electron chi connectivity index (χ0n) is 27.2. The fourth-order valence-electron chi connectivity index (χ4n) is 4.95. The number of amides is 3. The van der Waals surface area contributed by atoms with Crippen LogP contribution in [0.5, 0.6) is 5.75 Å². The molecule has 0 saturated heterocycles. The number of alkyl halides is 3. The number of carboxylic acid groups (broad SMARTS) is 1. The van der Waals surface area contributed by atoms with E-state index in [1.807, 2.05) is 19.1 Å². The Balaban J connectivity index is 1.21. The van der Waals surface area contributed by atoms with Gasteiger partial charge in [-0.05, 0) is 78.7 Å². The lowest BCUT2D eigenvalue weighted by atomic mass is 10.0. The van der Waals surface area contributed by atoms with Crippen molar-refractivity contribution in [1.82, 2.24) is 15.0 Å². The summed E-state index contributed by atoms with van der Waals surface area (Å²) in [5.41, 5.74) is 1.75. The molecule has 0 aliphatic carbocycles. The number of anilines is 2. The second kappa shape index (κ2) is 15.4. The van der Waals surface area contributed by atoms with Crippen molar-refractivity contribution in [3.8, 4) is 17.2 Å². The van der Waals surface area contributed by atoms with Gasteiger partial charge in [-0.1, -0.05) is 41.1 Å². The van der Waals surface area contributed by atoms with E-state index in [-0.39, 0.29) is 40.8 Å². The van der Waals surface area contributed by atoms with Crippen LogP contribution in [0.3, 0.4) is 0 Å². The zero-order chi connectivity index (χ0) is 36.7. The maximum Gasteiger partial charge on any atom is 0.416 e. The minimum Gasteiger partial charge on any atom is -0.497 e. The van der Waals surface area contributed by atoms with E-state index in [9.17, 15) is 37.5 Å². The van der Waals surface area contributed by atoms with Crippen LogP contribution in [-0.4, -0.2) is 57.5 Å². The predicted molar refractivity (Wildman–Crippen MR) is 178 cm³/mol. The lowest BCUT2D eigenvalue weighted by molar-refractivity contribution is -0.139. The number of aryl methyl sites for hydroxylation is 1. The third kappa shape index (κ3) is 9.35. The van der Waals surface area contributed by atoms with Crippen LogP contribution in [0, 0.1) is 6.92 Å². The van der Waals surface area contributed by atoms with E-state index in [1.165, 1.54) is 43.5 Å². The molecule has 15 heteroatoms. The van der Waals surface area contributed by atoms with Crippen molar-refractivity contribution in [2.75, 3.05) is 24.3 Å². The second-order valence-electron chi connectivity index (χ2n) is 11.3. The van der Waals surface area contributed by atoms with Crippen molar-refractivity contribution in [1.29, 1.82) is 0 Å². The zero-order valence-corrected chi connectivity index (χ0v) is 27.2. The average molecular weight is 702 g/mol. The average Bonchev–Trinajstić information content (AvgIpc) is 3.60. The number of methoxy groups -OCH3 is 1. The predicted octanol–water partition coefficient (Wildman–Crippen LogP) is 6.23. The molecule has 262 valence electrons. The quantitative estimate of drug-likeness (QED) is 0.137.